The van der Waals surface area contributed by atoms with E-state index in [1.807, 2.05) is 6.07 Å². The number of benzene rings is 2. The highest BCUT2D eigenvalue weighted by atomic mass is 19.4. The first kappa shape index (κ1) is 21.5. The molecular weight excluding hydrogens is 414 g/mol. The van der Waals surface area contributed by atoms with Crippen molar-refractivity contribution in [1.29, 1.82) is 0 Å². The molecule has 30 heavy (non-hydrogen) atoms. The molecule has 0 radical (unpaired) electrons. The van der Waals surface area contributed by atoms with Crippen LogP contribution in [0.15, 0.2) is 47.6 Å². The van der Waals surface area contributed by atoms with E-state index in [0.29, 0.717) is 12.1 Å². The van der Waals surface area contributed by atoms with Crippen molar-refractivity contribution in [3.05, 3.63) is 80.7 Å². The van der Waals surface area contributed by atoms with Crippen molar-refractivity contribution < 1.29 is 31.1 Å². The van der Waals surface area contributed by atoms with Crippen LogP contribution in [0.4, 0.5) is 26.3 Å². The van der Waals surface area contributed by atoms with E-state index in [0.717, 1.165) is 11.1 Å². The summed E-state index contributed by atoms with van der Waals surface area (Å²) in [5, 5.41) is 6.06. The van der Waals surface area contributed by atoms with E-state index in [-0.39, 0.29) is 18.9 Å². The summed E-state index contributed by atoms with van der Waals surface area (Å²) in [5.41, 5.74) is 6.57. The average Bonchev–Trinajstić information content (AvgIpc) is 2.67. The summed E-state index contributed by atoms with van der Waals surface area (Å²) in [7, 11) is 0. The molecule has 0 aliphatic heterocycles. The Morgan fingerprint density at radius 3 is 2.00 bits per heavy atom. The van der Waals surface area contributed by atoms with Crippen molar-refractivity contribution in [3.8, 4) is 0 Å². The number of alkyl halides is 6. The highest BCUT2D eigenvalue weighted by Crippen LogP contribution is 2.36. The lowest BCUT2D eigenvalue weighted by molar-refractivity contribution is -0.143. The summed E-state index contributed by atoms with van der Waals surface area (Å²) in [6.45, 7) is 0. The third-order valence-corrected chi connectivity index (χ3v) is 4.82. The molecule has 11 heteroatoms. The van der Waals surface area contributed by atoms with Crippen molar-refractivity contribution in [2.45, 2.75) is 37.3 Å². The Morgan fingerprint density at radius 2 is 1.50 bits per heavy atom. The Labute approximate surface area is 166 Å². The molecule has 0 saturated carbocycles. The molecule has 1 aliphatic rings. The van der Waals surface area contributed by atoms with Gasteiger partial charge in [0, 0.05) is 16.5 Å². The maximum atomic E-state index is 13.0. The van der Waals surface area contributed by atoms with Crippen molar-refractivity contribution in [2.75, 3.05) is 0 Å². The maximum Gasteiger partial charge on any atom is 0.416 e. The minimum Gasteiger partial charge on any atom is -0.349 e. The van der Waals surface area contributed by atoms with Gasteiger partial charge in [-0.3, -0.25) is 4.79 Å². The Morgan fingerprint density at radius 1 is 0.967 bits per heavy atom. The molecule has 2 aromatic rings. The van der Waals surface area contributed by atoms with Crippen molar-refractivity contribution >= 4 is 5.91 Å². The van der Waals surface area contributed by atoms with Crippen LogP contribution < -0.4 is 5.32 Å². The molecule has 1 amide bonds. The number of hydrogen-bond acceptors (Lipinski definition) is 2. The van der Waals surface area contributed by atoms with Gasteiger partial charge in [-0.2, -0.15) is 26.3 Å². The monoisotopic (exact) mass is 428 g/mol. The SMILES string of the molecule is [N-]=[N+]=N[C@H]1Cc2ccccc2C[C@@H]1NC(=O)c1cc(C(F)(F)F)cc(C(F)(F)F)c1. The summed E-state index contributed by atoms with van der Waals surface area (Å²) >= 11 is 0. The predicted molar refractivity (Wildman–Crippen MR) is 94.5 cm³/mol. The largest absolute Gasteiger partial charge is 0.416 e. The number of hydrogen-bond donors (Lipinski definition) is 1. The lowest BCUT2D eigenvalue weighted by Gasteiger charge is -2.31. The van der Waals surface area contributed by atoms with Gasteiger partial charge in [0.15, 0.2) is 0 Å². The second-order valence-corrected chi connectivity index (χ2v) is 6.82. The lowest BCUT2D eigenvalue weighted by Crippen LogP contribution is -2.47. The van der Waals surface area contributed by atoms with E-state index >= 15 is 0 Å². The zero-order valence-corrected chi connectivity index (χ0v) is 15.1. The van der Waals surface area contributed by atoms with Gasteiger partial charge in [0.2, 0.25) is 0 Å². The second kappa shape index (κ2) is 7.91. The number of amides is 1. The summed E-state index contributed by atoms with van der Waals surface area (Å²) in [6.07, 6.45) is -9.63. The fourth-order valence-electron chi connectivity index (χ4n) is 3.37. The molecule has 0 spiro atoms. The van der Waals surface area contributed by atoms with Gasteiger partial charge in [-0.1, -0.05) is 29.4 Å². The van der Waals surface area contributed by atoms with Crippen molar-refractivity contribution in [3.63, 3.8) is 0 Å². The minimum atomic E-state index is -5.06. The molecule has 0 aromatic heterocycles. The Balaban J connectivity index is 1.93. The molecule has 0 bridgehead atoms. The Bertz CT molecular complexity index is 979. The molecule has 1 aliphatic carbocycles. The summed E-state index contributed by atoms with van der Waals surface area (Å²) < 4.78 is 78.2. The first-order valence-electron chi connectivity index (χ1n) is 8.70. The zero-order chi connectivity index (χ0) is 22.1. The van der Waals surface area contributed by atoms with Crippen LogP contribution >= 0.6 is 0 Å². The van der Waals surface area contributed by atoms with E-state index in [9.17, 15) is 31.1 Å². The quantitative estimate of drug-likeness (QED) is 0.306. The van der Waals surface area contributed by atoms with E-state index in [4.69, 9.17) is 5.53 Å². The molecule has 2 atom stereocenters. The number of carbonyl (C=O) groups is 1. The molecule has 3 rings (SSSR count). The number of carbonyl (C=O) groups excluding carboxylic acids is 1. The van der Waals surface area contributed by atoms with Crippen LogP contribution in [0.3, 0.4) is 0 Å². The molecule has 0 heterocycles. The molecule has 0 fully saturated rings. The normalized spacial score (nSPS) is 18.9. The van der Waals surface area contributed by atoms with Gasteiger partial charge in [-0.25, -0.2) is 0 Å². The lowest BCUT2D eigenvalue weighted by atomic mass is 9.85. The third-order valence-electron chi connectivity index (χ3n) is 4.82. The van der Waals surface area contributed by atoms with E-state index < -0.39 is 47.0 Å². The van der Waals surface area contributed by atoms with Gasteiger partial charge in [-0.15, -0.1) is 0 Å². The Hall–Kier alpha value is -3.20. The highest BCUT2D eigenvalue weighted by molar-refractivity contribution is 5.95. The van der Waals surface area contributed by atoms with E-state index in [1.165, 1.54) is 0 Å². The van der Waals surface area contributed by atoms with Crippen LogP contribution in [0.5, 0.6) is 0 Å². The fourth-order valence-corrected chi connectivity index (χ4v) is 3.37. The van der Waals surface area contributed by atoms with Crippen LogP contribution in [-0.4, -0.2) is 18.0 Å². The number of nitrogens with zero attached hydrogens (tertiary/aromatic N) is 3. The predicted octanol–water partition coefficient (Wildman–Crippen LogP) is 5.30. The summed E-state index contributed by atoms with van der Waals surface area (Å²) in [4.78, 5) is 15.3. The molecule has 158 valence electrons. The van der Waals surface area contributed by atoms with Crippen LogP contribution in [0.2, 0.25) is 0 Å². The van der Waals surface area contributed by atoms with Gasteiger partial charge in [0.25, 0.3) is 5.91 Å². The standard InChI is InChI=1S/C19H14F6N4O/c20-18(21,22)13-5-12(6-14(9-13)19(23,24)25)17(30)27-15-7-10-3-1-2-4-11(10)8-16(15)28-29-26/h1-6,9,15-16H,7-8H2,(H,27,30)/t15-,16-/m0/s1. The van der Waals surface area contributed by atoms with Crippen molar-refractivity contribution in [2.24, 2.45) is 5.11 Å². The smallest absolute Gasteiger partial charge is 0.349 e. The Kier molecular flexibility index (Phi) is 5.67. The van der Waals surface area contributed by atoms with Gasteiger partial charge in [-0.05, 0) is 47.7 Å². The topological polar surface area (TPSA) is 77.9 Å². The van der Waals surface area contributed by atoms with Gasteiger partial charge < -0.3 is 5.32 Å². The van der Waals surface area contributed by atoms with Crippen molar-refractivity contribution in [1.82, 2.24) is 5.32 Å². The second-order valence-electron chi connectivity index (χ2n) is 6.82. The average molecular weight is 428 g/mol. The zero-order valence-electron chi connectivity index (χ0n) is 15.1. The molecular formula is C19H14F6N4O. The van der Waals surface area contributed by atoms with Gasteiger partial charge in [0.1, 0.15) is 0 Å². The fraction of sp³-hybridized carbons (Fsp3) is 0.316. The van der Waals surface area contributed by atoms with Crippen LogP contribution in [0.25, 0.3) is 10.4 Å². The van der Waals surface area contributed by atoms with Crippen LogP contribution in [0, 0.1) is 0 Å². The minimum absolute atomic E-state index is 0.0452. The van der Waals surface area contributed by atoms with Crippen LogP contribution in [-0.2, 0) is 25.2 Å². The van der Waals surface area contributed by atoms with E-state index in [2.05, 4.69) is 15.3 Å². The van der Waals surface area contributed by atoms with Gasteiger partial charge in [0.05, 0.1) is 17.2 Å². The molecule has 5 nitrogen and oxygen atoms in total. The molecule has 0 unspecified atom stereocenters. The molecule has 0 saturated heterocycles. The number of halogens is 6. The first-order chi connectivity index (χ1) is 14.0. The molecule has 1 N–H and O–H groups in total. The number of fused-ring (bicyclic) bond motifs is 1. The highest BCUT2D eigenvalue weighted by Gasteiger charge is 2.38. The van der Waals surface area contributed by atoms with Gasteiger partial charge >= 0.3 is 12.4 Å². The number of rotatable bonds is 3. The van der Waals surface area contributed by atoms with Crippen LogP contribution in [0.1, 0.15) is 32.6 Å². The van der Waals surface area contributed by atoms with E-state index in [1.54, 1.807) is 18.2 Å². The number of azide groups is 1. The summed E-state index contributed by atoms with van der Waals surface area (Å²) in [6, 6.07) is 6.31. The summed E-state index contributed by atoms with van der Waals surface area (Å²) in [5.74, 6) is -1.12. The number of nitrogens with one attached hydrogen (secondary N) is 1. The maximum absolute atomic E-state index is 13.0. The third kappa shape index (κ3) is 4.68. The first-order valence-corrected chi connectivity index (χ1v) is 8.70. The molecule has 2 aromatic carbocycles.